The summed E-state index contributed by atoms with van der Waals surface area (Å²) in [6.45, 7) is 7.61. The number of allylic oxidation sites excluding steroid dienone is 1. The highest BCUT2D eigenvalue weighted by molar-refractivity contribution is 5.79. The molecule has 3 N–H and O–H groups in total. The molecule has 3 heteroatoms. The third-order valence-corrected chi connectivity index (χ3v) is 1.56. The molecule has 11 heavy (non-hydrogen) atoms. The molecule has 3 nitrogen and oxygen atoms in total. The molecule has 0 fully saturated rings. The highest BCUT2D eigenvalue weighted by atomic mass is 16.1. The highest BCUT2D eigenvalue weighted by Gasteiger charge is 2.11. The molecule has 0 saturated carbocycles. The predicted molar refractivity (Wildman–Crippen MR) is 45.8 cm³/mol. The first-order valence-electron chi connectivity index (χ1n) is 3.85. The number of primary amides is 1. The highest BCUT2D eigenvalue weighted by Crippen LogP contribution is 1.96. The van der Waals surface area contributed by atoms with Crippen molar-refractivity contribution in [2.45, 2.75) is 32.7 Å². The fourth-order valence-electron chi connectivity index (χ4n) is 0.723. The van der Waals surface area contributed by atoms with Crippen molar-refractivity contribution in [3.8, 4) is 0 Å². The Morgan fingerprint density at radius 1 is 1.64 bits per heavy atom. The standard InChI is InChI=1S/C8H16N2O/c1-4-6(3)10-7(5-2)8(9)11/h7,10H,3-5H2,1-2H3,(H2,9,11)/t7-/m0/s1. The van der Waals surface area contributed by atoms with Gasteiger partial charge in [-0.2, -0.15) is 0 Å². The summed E-state index contributed by atoms with van der Waals surface area (Å²) in [4.78, 5) is 10.7. The third kappa shape index (κ3) is 3.65. The summed E-state index contributed by atoms with van der Waals surface area (Å²) >= 11 is 0. The van der Waals surface area contributed by atoms with E-state index in [1.165, 1.54) is 0 Å². The molecule has 0 aromatic carbocycles. The lowest BCUT2D eigenvalue weighted by molar-refractivity contribution is -0.119. The average Bonchev–Trinajstić information content (AvgIpc) is 1.99. The maximum Gasteiger partial charge on any atom is 0.239 e. The van der Waals surface area contributed by atoms with Crippen LogP contribution in [0.4, 0.5) is 0 Å². The Balaban J connectivity index is 3.88. The van der Waals surface area contributed by atoms with Crippen molar-refractivity contribution in [2.75, 3.05) is 0 Å². The van der Waals surface area contributed by atoms with E-state index in [1.54, 1.807) is 0 Å². The quantitative estimate of drug-likeness (QED) is 0.617. The number of carbonyl (C=O) groups is 1. The van der Waals surface area contributed by atoms with Gasteiger partial charge in [-0.1, -0.05) is 20.4 Å². The average molecular weight is 156 g/mol. The summed E-state index contributed by atoms with van der Waals surface area (Å²) in [7, 11) is 0. The second-order valence-corrected chi connectivity index (χ2v) is 2.46. The predicted octanol–water partition coefficient (Wildman–Crippen LogP) is 0.764. The van der Waals surface area contributed by atoms with Crippen molar-refractivity contribution in [1.82, 2.24) is 5.32 Å². The molecule has 0 heterocycles. The lowest BCUT2D eigenvalue weighted by atomic mass is 10.2. The Labute approximate surface area is 67.7 Å². The summed E-state index contributed by atoms with van der Waals surface area (Å²) < 4.78 is 0. The van der Waals surface area contributed by atoms with Gasteiger partial charge in [-0.05, 0) is 12.8 Å². The largest absolute Gasteiger partial charge is 0.378 e. The minimum Gasteiger partial charge on any atom is -0.378 e. The molecule has 0 spiro atoms. The molecule has 0 unspecified atom stereocenters. The number of rotatable bonds is 5. The van der Waals surface area contributed by atoms with Gasteiger partial charge in [-0.25, -0.2) is 0 Å². The normalized spacial score (nSPS) is 12.2. The van der Waals surface area contributed by atoms with Crippen molar-refractivity contribution in [3.05, 3.63) is 12.3 Å². The van der Waals surface area contributed by atoms with E-state index in [4.69, 9.17) is 5.73 Å². The number of hydrogen-bond acceptors (Lipinski definition) is 2. The Morgan fingerprint density at radius 2 is 2.18 bits per heavy atom. The molecule has 0 aliphatic carbocycles. The first-order valence-corrected chi connectivity index (χ1v) is 3.85. The number of nitrogens with two attached hydrogens (primary N) is 1. The Kier molecular flexibility index (Phi) is 4.34. The third-order valence-electron chi connectivity index (χ3n) is 1.56. The van der Waals surface area contributed by atoms with E-state index in [9.17, 15) is 4.79 Å². The van der Waals surface area contributed by atoms with Gasteiger partial charge in [0.25, 0.3) is 0 Å². The summed E-state index contributed by atoms with van der Waals surface area (Å²) in [5.74, 6) is -0.317. The summed E-state index contributed by atoms with van der Waals surface area (Å²) in [6, 6.07) is -0.262. The molecule has 0 bridgehead atoms. The fourth-order valence-corrected chi connectivity index (χ4v) is 0.723. The lowest BCUT2D eigenvalue weighted by Gasteiger charge is -2.15. The molecule has 1 atom stereocenters. The van der Waals surface area contributed by atoms with Gasteiger partial charge in [0.05, 0.1) is 0 Å². The van der Waals surface area contributed by atoms with Gasteiger partial charge >= 0.3 is 0 Å². The van der Waals surface area contributed by atoms with Gasteiger partial charge in [0.1, 0.15) is 6.04 Å². The van der Waals surface area contributed by atoms with E-state index in [0.717, 1.165) is 12.1 Å². The first kappa shape index (κ1) is 10.0. The molecular weight excluding hydrogens is 140 g/mol. The van der Waals surface area contributed by atoms with Gasteiger partial charge in [-0.15, -0.1) is 0 Å². The molecule has 1 amide bonds. The van der Waals surface area contributed by atoms with Crippen LogP contribution in [0.5, 0.6) is 0 Å². The topological polar surface area (TPSA) is 55.1 Å². The van der Waals surface area contributed by atoms with Crippen molar-refractivity contribution in [1.29, 1.82) is 0 Å². The van der Waals surface area contributed by atoms with Gasteiger partial charge in [-0.3, -0.25) is 4.79 Å². The van der Waals surface area contributed by atoms with Crippen LogP contribution in [0, 0.1) is 0 Å². The van der Waals surface area contributed by atoms with E-state index < -0.39 is 0 Å². The minimum absolute atomic E-state index is 0.262. The Bertz CT molecular complexity index is 154. The van der Waals surface area contributed by atoms with Crippen LogP contribution in [0.25, 0.3) is 0 Å². The van der Waals surface area contributed by atoms with Crippen molar-refractivity contribution in [3.63, 3.8) is 0 Å². The van der Waals surface area contributed by atoms with Gasteiger partial charge in [0, 0.05) is 5.70 Å². The SMILES string of the molecule is C=C(CC)N[C@@H](CC)C(N)=O. The molecule has 0 radical (unpaired) electrons. The van der Waals surface area contributed by atoms with Crippen LogP contribution in [0.2, 0.25) is 0 Å². The van der Waals surface area contributed by atoms with Crippen LogP contribution in [0.3, 0.4) is 0 Å². The van der Waals surface area contributed by atoms with Crippen LogP contribution < -0.4 is 11.1 Å². The smallest absolute Gasteiger partial charge is 0.239 e. The van der Waals surface area contributed by atoms with Gasteiger partial charge in [0.15, 0.2) is 0 Å². The second-order valence-electron chi connectivity index (χ2n) is 2.46. The number of amides is 1. The monoisotopic (exact) mass is 156 g/mol. The molecule has 0 saturated heterocycles. The van der Waals surface area contributed by atoms with Gasteiger partial charge in [0.2, 0.25) is 5.91 Å². The second kappa shape index (κ2) is 4.77. The maximum atomic E-state index is 10.7. The van der Waals surface area contributed by atoms with Crippen LogP contribution >= 0.6 is 0 Å². The summed E-state index contributed by atoms with van der Waals surface area (Å²) in [5.41, 5.74) is 5.96. The fraction of sp³-hybridized carbons (Fsp3) is 0.625. The van der Waals surface area contributed by atoms with Crippen LogP contribution in [0.1, 0.15) is 26.7 Å². The zero-order chi connectivity index (χ0) is 8.85. The molecule has 64 valence electrons. The van der Waals surface area contributed by atoms with Crippen LogP contribution in [-0.2, 0) is 4.79 Å². The minimum atomic E-state index is -0.317. The van der Waals surface area contributed by atoms with Crippen molar-refractivity contribution in [2.24, 2.45) is 5.73 Å². The Hall–Kier alpha value is -0.990. The Morgan fingerprint density at radius 3 is 2.45 bits per heavy atom. The number of nitrogens with one attached hydrogen (secondary N) is 1. The van der Waals surface area contributed by atoms with E-state index in [2.05, 4.69) is 11.9 Å². The zero-order valence-electron chi connectivity index (χ0n) is 7.18. The van der Waals surface area contributed by atoms with Gasteiger partial charge < -0.3 is 11.1 Å². The maximum absolute atomic E-state index is 10.7. The molecule has 0 aliphatic rings. The zero-order valence-corrected chi connectivity index (χ0v) is 7.18. The lowest BCUT2D eigenvalue weighted by Crippen LogP contribution is -2.39. The van der Waals surface area contributed by atoms with Crippen molar-refractivity contribution < 1.29 is 4.79 Å². The molecule has 0 rings (SSSR count). The molecule has 0 aromatic heterocycles. The van der Waals surface area contributed by atoms with E-state index in [0.29, 0.717) is 6.42 Å². The number of hydrogen-bond donors (Lipinski definition) is 2. The molecule has 0 aromatic rings. The first-order chi connectivity index (χ1) is 5.11. The van der Waals surface area contributed by atoms with Crippen LogP contribution in [0.15, 0.2) is 12.3 Å². The molecular formula is C8H16N2O. The molecule has 0 aliphatic heterocycles. The summed E-state index contributed by atoms with van der Waals surface area (Å²) in [6.07, 6.45) is 1.53. The summed E-state index contributed by atoms with van der Waals surface area (Å²) in [5, 5.41) is 2.95. The van der Waals surface area contributed by atoms with E-state index in [1.807, 2.05) is 13.8 Å². The van der Waals surface area contributed by atoms with E-state index in [-0.39, 0.29) is 11.9 Å². The number of carbonyl (C=O) groups excluding carboxylic acids is 1. The van der Waals surface area contributed by atoms with Crippen LogP contribution in [-0.4, -0.2) is 11.9 Å². The van der Waals surface area contributed by atoms with E-state index >= 15 is 0 Å². The van der Waals surface area contributed by atoms with Crippen molar-refractivity contribution >= 4 is 5.91 Å².